The summed E-state index contributed by atoms with van der Waals surface area (Å²) in [7, 11) is 1.45. The minimum absolute atomic E-state index is 0.00455. The first-order valence-electron chi connectivity index (χ1n) is 8.45. The first kappa shape index (κ1) is 18.6. The predicted molar refractivity (Wildman–Crippen MR) is 87.9 cm³/mol. The minimum atomic E-state index is -4.52. The van der Waals surface area contributed by atoms with Crippen LogP contribution in [0.15, 0.2) is 12.1 Å². The van der Waals surface area contributed by atoms with Crippen LogP contribution in [0.4, 0.5) is 13.2 Å². The summed E-state index contributed by atoms with van der Waals surface area (Å²) in [5.41, 5.74) is 0.249. The van der Waals surface area contributed by atoms with Crippen molar-refractivity contribution in [3.05, 3.63) is 29.2 Å². The molecule has 0 bridgehead atoms. The van der Waals surface area contributed by atoms with Gasteiger partial charge in [-0.1, -0.05) is 13.8 Å². The first-order valence-corrected chi connectivity index (χ1v) is 8.45. The Labute approximate surface area is 148 Å². The molecule has 0 aromatic carbocycles. The summed E-state index contributed by atoms with van der Waals surface area (Å²) in [6.45, 7) is 4.55. The predicted octanol–water partition coefficient (Wildman–Crippen LogP) is 2.83. The quantitative estimate of drug-likeness (QED) is 0.830. The van der Waals surface area contributed by atoms with Crippen LogP contribution in [-0.4, -0.2) is 52.2 Å². The van der Waals surface area contributed by atoms with Gasteiger partial charge in [-0.05, 0) is 18.4 Å². The fourth-order valence-corrected chi connectivity index (χ4v) is 3.15. The number of ether oxygens (including phenoxy) is 1. The average molecular weight is 370 g/mol. The number of likely N-dealkylation sites (tertiary alicyclic amines) is 1. The zero-order valence-electron chi connectivity index (χ0n) is 14.9. The SMILES string of the molecule is COCC(=O)N1CC[C@H](c2cc3nc(C(C)C)cc(C(F)(F)F)n3n2)C1. The second kappa shape index (κ2) is 6.86. The van der Waals surface area contributed by atoms with E-state index in [-0.39, 0.29) is 30.0 Å². The van der Waals surface area contributed by atoms with E-state index < -0.39 is 11.9 Å². The lowest BCUT2D eigenvalue weighted by molar-refractivity contribution is -0.142. The number of rotatable bonds is 4. The summed E-state index contributed by atoms with van der Waals surface area (Å²) in [6.07, 6.45) is -3.87. The maximum absolute atomic E-state index is 13.4. The van der Waals surface area contributed by atoms with Crippen LogP contribution in [0.2, 0.25) is 0 Å². The number of alkyl halides is 3. The van der Waals surface area contributed by atoms with Crippen molar-refractivity contribution >= 4 is 11.6 Å². The van der Waals surface area contributed by atoms with Gasteiger partial charge in [0.15, 0.2) is 5.65 Å². The van der Waals surface area contributed by atoms with Gasteiger partial charge in [0.2, 0.25) is 5.91 Å². The third-order valence-corrected chi connectivity index (χ3v) is 4.57. The van der Waals surface area contributed by atoms with Gasteiger partial charge in [-0.15, -0.1) is 0 Å². The van der Waals surface area contributed by atoms with Gasteiger partial charge >= 0.3 is 6.18 Å². The number of halogens is 3. The highest BCUT2D eigenvalue weighted by Gasteiger charge is 2.36. The van der Waals surface area contributed by atoms with Crippen LogP contribution in [0.1, 0.15) is 49.2 Å². The lowest BCUT2D eigenvalue weighted by atomic mass is 10.1. The van der Waals surface area contributed by atoms with E-state index in [1.54, 1.807) is 24.8 Å². The van der Waals surface area contributed by atoms with Crippen molar-refractivity contribution in [2.75, 3.05) is 26.8 Å². The van der Waals surface area contributed by atoms with Crippen molar-refractivity contribution in [1.82, 2.24) is 19.5 Å². The molecule has 3 heterocycles. The molecule has 0 N–H and O–H groups in total. The van der Waals surface area contributed by atoms with Crippen LogP contribution in [0.3, 0.4) is 0 Å². The van der Waals surface area contributed by atoms with E-state index in [1.807, 2.05) is 0 Å². The van der Waals surface area contributed by atoms with Gasteiger partial charge in [0.1, 0.15) is 12.3 Å². The summed E-state index contributed by atoms with van der Waals surface area (Å²) >= 11 is 0. The van der Waals surface area contributed by atoms with Gasteiger partial charge in [-0.25, -0.2) is 9.50 Å². The van der Waals surface area contributed by atoms with Crippen LogP contribution < -0.4 is 0 Å². The normalized spacial score (nSPS) is 18.3. The van der Waals surface area contributed by atoms with Crippen LogP contribution in [0.5, 0.6) is 0 Å². The van der Waals surface area contributed by atoms with E-state index in [2.05, 4.69) is 10.1 Å². The van der Waals surface area contributed by atoms with E-state index in [0.717, 1.165) is 10.6 Å². The summed E-state index contributed by atoms with van der Waals surface area (Å²) < 4.78 is 46.0. The first-order chi connectivity index (χ1) is 12.2. The molecule has 0 saturated carbocycles. The highest BCUT2D eigenvalue weighted by Crippen LogP contribution is 2.33. The van der Waals surface area contributed by atoms with Crippen LogP contribution in [0.25, 0.3) is 5.65 Å². The smallest absolute Gasteiger partial charge is 0.375 e. The Morgan fingerprint density at radius 1 is 1.38 bits per heavy atom. The topological polar surface area (TPSA) is 59.7 Å². The molecule has 142 valence electrons. The van der Waals surface area contributed by atoms with Crippen molar-refractivity contribution in [2.45, 2.75) is 38.3 Å². The summed E-state index contributed by atoms with van der Waals surface area (Å²) in [4.78, 5) is 17.9. The Bertz CT molecular complexity index is 816. The Balaban J connectivity index is 1.95. The second-order valence-corrected chi connectivity index (χ2v) is 6.82. The molecule has 1 aliphatic rings. The zero-order valence-corrected chi connectivity index (χ0v) is 14.9. The number of fused-ring (bicyclic) bond motifs is 1. The fraction of sp³-hybridized carbons (Fsp3) is 0.588. The highest BCUT2D eigenvalue weighted by atomic mass is 19.4. The molecule has 6 nitrogen and oxygen atoms in total. The molecule has 0 unspecified atom stereocenters. The Hall–Kier alpha value is -2.16. The molecular weight excluding hydrogens is 349 g/mol. The lowest BCUT2D eigenvalue weighted by Crippen LogP contribution is -2.31. The number of amides is 1. The number of hydrogen-bond acceptors (Lipinski definition) is 4. The molecule has 9 heteroatoms. The zero-order chi connectivity index (χ0) is 19.1. The fourth-order valence-electron chi connectivity index (χ4n) is 3.15. The maximum Gasteiger partial charge on any atom is 0.433 e. The third kappa shape index (κ3) is 3.53. The van der Waals surface area contributed by atoms with Gasteiger partial charge in [0.05, 0.1) is 5.69 Å². The molecule has 1 saturated heterocycles. The molecule has 2 aromatic rings. The monoisotopic (exact) mass is 370 g/mol. The van der Waals surface area contributed by atoms with Gasteiger partial charge in [-0.3, -0.25) is 4.79 Å². The average Bonchev–Trinajstić information content (AvgIpc) is 3.19. The van der Waals surface area contributed by atoms with Crippen LogP contribution >= 0.6 is 0 Å². The van der Waals surface area contributed by atoms with Crippen molar-refractivity contribution in [1.29, 1.82) is 0 Å². The second-order valence-electron chi connectivity index (χ2n) is 6.82. The molecular formula is C17H21F3N4O2. The largest absolute Gasteiger partial charge is 0.433 e. The van der Waals surface area contributed by atoms with Crippen molar-refractivity contribution in [2.24, 2.45) is 0 Å². The highest BCUT2D eigenvalue weighted by molar-refractivity contribution is 5.77. The maximum atomic E-state index is 13.4. The third-order valence-electron chi connectivity index (χ3n) is 4.57. The molecule has 1 amide bonds. The Morgan fingerprint density at radius 2 is 2.12 bits per heavy atom. The van der Waals surface area contributed by atoms with Crippen molar-refractivity contribution < 1.29 is 22.7 Å². The summed E-state index contributed by atoms with van der Waals surface area (Å²) in [5.74, 6) is -0.371. The standard InChI is InChI=1S/C17H21F3N4O2/c1-10(2)12-6-14(17(18,19)20)24-15(21-12)7-13(22-24)11-4-5-23(8-11)16(25)9-26-3/h6-7,10-11H,4-5,8-9H2,1-3H3/t11-/m0/s1. The lowest BCUT2D eigenvalue weighted by Gasteiger charge is -2.15. The summed E-state index contributed by atoms with van der Waals surface area (Å²) in [5, 5.41) is 4.17. The van der Waals surface area contributed by atoms with Crippen molar-refractivity contribution in [3.63, 3.8) is 0 Å². The molecule has 0 spiro atoms. The van der Waals surface area contributed by atoms with E-state index in [4.69, 9.17) is 4.74 Å². The Morgan fingerprint density at radius 3 is 2.73 bits per heavy atom. The number of hydrogen-bond donors (Lipinski definition) is 0. The Kier molecular flexibility index (Phi) is 4.92. The molecule has 2 aromatic heterocycles. The summed E-state index contributed by atoms with van der Waals surface area (Å²) in [6, 6.07) is 2.65. The molecule has 1 aliphatic heterocycles. The van der Waals surface area contributed by atoms with E-state index in [1.165, 1.54) is 7.11 Å². The minimum Gasteiger partial charge on any atom is -0.375 e. The van der Waals surface area contributed by atoms with Crippen LogP contribution in [0, 0.1) is 0 Å². The number of carbonyl (C=O) groups excluding carboxylic acids is 1. The molecule has 1 atom stereocenters. The van der Waals surface area contributed by atoms with Gasteiger partial charge in [0.25, 0.3) is 0 Å². The van der Waals surface area contributed by atoms with Gasteiger partial charge < -0.3 is 9.64 Å². The van der Waals surface area contributed by atoms with E-state index >= 15 is 0 Å². The molecule has 3 rings (SSSR count). The molecule has 0 radical (unpaired) electrons. The van der Waals surface area contributed by atoms with E-state index in [0.29, 0.717) is 30.9 Å². The van der Waals surface area contributed by atoms with Gasteiger partial charge in [-0.2, -0.15) is 18.3 Å². The van der Waals surface area contributed by atoms with E-state index in [9.17, 15) is 18.0 Å². The molecule has 0 aliphatic carbocycles. The van der Waals surface area contributed by atoms with Crippen LogP contribution in [-0.2, 0) is 15.7 Å². The number of carbonyl (C=O) groups is 1. The number of methoxy groups -OCH3 is 1. The van der Waals surface area contributed by atoms with Crippen molar-refractivity contribution in [3.8, 4) is 0 Å². The molecule has 1 fully saturated rings. The number of nitrogens with zero attached hydrogens (tertiary/aromatic N) is 4. The molecule has 26 heavy (non-hydrogen) atoms. The number of aromatic nitrogens is 3. The van der Waals surface area contributed by atoms with Gasteiger partial charge in [0, 0.05) is 37.9 Å².